The molecule has 0 saturated heterocycles. The van der Waals surface area contributed by atoms with Crippen LogP contribution in [0.3, 0.4) is 0 Å². The normalized spacial score (nSPS) is 10.9. The van der Waals surface area contributed by atoms with Gasteiger partial charge < -0.3 is 0 Å². The number of nitrogens with zero attached hydrogens (tertiary/aromatic N) is 4. The highest BCUT2D eigenvalue weighted by Gasteiger charge is 2.14. The van der Waals surface area contributed by atoms with Gasteiger partial charge in [0.25, 0.3) is 11.6 Å². The Balaban J connectivity index is 1.67. The summed E-state index contributed by atoms with van der Waals surface area (Å²) in [4.78, 5) is 32.3. The molecule has 2 aromatic carbocycles. The van der Waals surface area contributed by atoms with Crippen molar-refractivity contribution in [2.75, 3.05) is 0 Å². The van der Waals surface area contributed by atoms with Gasteiger partial charge in [0, 0.05) is 17.6 Å². The number of carbonyl (C=O) groups excluding carboxylic acids is 1. The first-order chi connectivity index (χ1) is 14.6. The van der Waals surface area contributed by atoms with Crippen molar-refractivity contribution in [2.45, 2.75) is 0 Å². The highest BCUT2D eigenvalue weighted by atomic mass is 16.6. The number of nitro groups is 1. The van der Waals surface area contributed by atoms with Crippen molar-refractivity contribution in [3.8, 4) is 11.4 Å². The van der Waals surface area contributed by atoms with Gasteiger partial charge in [0.05, 0.1) is 39.2 Å². The van der Waals surface area contributed by atoms with Gasteiger partial charge in [-0.25, -0.2) is 10.4 Å². The third-order valence-electron chi connectivity index (χ3n) is 4.39. The van der Waals surface area contributed by atoms with E-state index in [1.165, 1.54) is 12.3 Å². The van der Waals surface area contributed by atoms with Crippen molar-refractivity contribution in [3.63, 3.8) is 0 Å². The number of carbonyl (C=O) groups is 1. The van der Waals surface area contributed by atoms with E-state index in [0.29, 0.717) is 27.9 Å². The van der Waals surface area contributed by atoms with E-state index in [9.17, 15) is 14.9 Å². The van der Waals surface area contributed by atoms with Crippen molar-refractivity contribution < 1.29 is 9.72 Å². The number of rotatable bonds is 5. The topological polar surface area (TPSA) is 110 Å². The van der Waals surface area contributed by atoms with Crippen molar-refractivity contribution in [3.05, 3.63) is 100 Å². The number of fused-ring (bicyclic) bond motifs is 1. The Hall–Kier alpha value is -4.46. The van der Waals surface area contributed by atoms with Gasteiger partial charge in [-0.3, -0.25) is 19.9 Å². The molecule has 0 saturated carbocycles. The van der Waals surface area contributed by atoms with E-state index in [4.69, 9.17) is 0 Å². The van der Waals surface area contributed by atoms with E-state index >= 15 is 0 Å². The Labute approximate surface area is 171 Å². The number of amides is 1. The van der Waals surface area contributed by atoms with Crippen LogP contribution in [0.2, 0.25) is 0 Å². The second-order valence-corrected chi connectivity index (χ2v) is 6.30. The van der Waals surface area contributed by atoms with Crippen molar-refractivity contribution in [1.82, 2.24) is 15.4 Å². The van der Waals surface area contributed by atoms with Gasteiger partial charge >= 0.3 is 0 Å². The molecule has 146 valence electrons. The lowest BCUT2D eigenvalue weighted by Gasteiger charge is -2.08. The molecule has 1 amide bonds. The number of benzene rings is 2. The molecule has 0 aliphatic heterocycles. The van der Waals surface area contributed by atoms with Gasteiger partial charge in [0.15, 0.2) is 0 Å². The zero-order valence-corrected chi connectivity index (χ0v) is 15.6. The molecule has 0 unspecified atom stereocenters. The summed E-state index contributed by atoms with van der Waals surface area (Å²) in [6.45, 7) is 0. The van der Waals surface area contributed by atoms with Crippen LogP contribution in [0.5, 0.6) is 0 Å². The molecular formula is C22H15N5O3. The maximum absolute atomic E-state index is 12.8. The van der Waals surface area contributed by atoms with E-state index in [2.05, 4.69) is 20.5 Å². The number of pyridine rings is 2. The maximum atomic E-state index is 12.8. The number of hydrazone groups is 1. The maximum Gasteiger partial charge on any atom is 0.278 e. The number of aromatic nitrogens is 2. The van der Waals surface area contributed by atoms with Crippen LogP contribution in [-0.2, 0) is 0 Å². The highest BCUT2D eigenvalue weighted by Crippen LogP contribution is 2.23. The summed E-state index contributed by atoms with van der Waals surface area (Å²) < 4.78 is 0. The molecule has 4 rings (SSSR count). The molecule has 0 radical (unpaired) electrons. The lowest BCUT2D eigenvalue weighted by atomic mass is 10.1. The van der Waals surface area contributed by atoms with Crippen LogP contribution in [0, 0.1) is 10.1 Å². The van der Waals surface area contributed by atoms with Crippen LogP contribution in [0.15, 0.2) is 84.1 Å². The quantitative estimate of drug-likeness (QED) is 0.311. The van der Waals surface area contributed by atoms with Gasteiger partial charge in [0.2, 0.25) is 0 Å². The molecule has 0 spiro atoms. The number of hydrogen-bond acceptors (Lipinski definition) is 6. The second-order valence-electron chi connectivity index (χ2n) is 6.30. The van der Waals surface area contributed by atoms with Crippen LogP contribution in [-0.4, -0.2) is 27.0 Å². The first-order valence-corrected chi connectivity index (χ1v) is 9.01. The van der Waals surface area contributed by atoms with Crippen LogP contribution in [0.1, 0.15) is 15.9 Å². The average Bonchev–Trinajstić information content (AvgIpc) is 2.79. The Morgan fingerprint density at radius 2 is 1.77 bits per heavy atom. The van der Waals surface area contributed by atoms with Crippen LogP contribution in [0.4, 0.5) is 5.69 Å². The van der Waals surface area contributed by atoms with Crippen LogP contribution in [0.25, 0.3) is 22.3 Å². The fraction of sp³-hybridized carbons (Fsp3) is 0. The number of hydrogen-bond donors (Lipinski definition) is 1. The summed E-state index contributed by atoms with van der Waals surface area (Å²) in [7, 11) is 0. The first-order valence-electron chi connectivity index (χ1n) is 9.01. The summed E-state index contributed by atoms with van der Waals surface area (Å²) in [6, 6.07) is 20.5. The second kappa shape index (κ2) is 8.27. The molecule has 0 aliphatic rings. The molecular weight excluding hydrogens is 382 g/mol. The Kier molecular flexibility index (Phi) is 5.21. The molecule has 4 aromatic rings. The largest absolute Gasteiger partial charge is 0.278 e. The van der Waals surface area contributed by atoms with E-state index < -0.39 is 10.8 Å². The third-order valence-corrected chi connectivity index (χ3v) is 4.39. The molecule has 0 aliphatic carbocycles. The number of nitro benzene ring substituents is 1. The summed E-state index contributed by atoms with van der Waals surface area (Å²) >= 11 is 0. The van der Waals surface area contributed by atoms with Gasteiger partial charge in [-0.05, 0) is 30.3 Å². The Bertz CT molecular complexity index is 1270. The van der Waals surface area contributed by atoms with E-state index in [1.54, 1.807) is 42.6 Å². The van der Waals surface area contributed by atoms with Gasteiger partial charge in [-0.15, -0.1) is 0 Å². The summed E-state index contributed by atoms with van der Waals surface area (Å²) in [5, 5.41) is 15.7. The van der Waals surface area contributed by atoms with Crippen molar-refractivity contribution in [2.24, 2.45) is 5.10 Å². The Morgan fingerprint density at radius 3 is 2.57 bits per heavy atom. The highest BCUT2D eigenvalue weighted by molar-refractivity contribution is 6.07. The lowest BCUT2D eigenvalue weighted by molar-refractivity contribution is -0.385. The standard InChI is InChI=1S/C22H15N5O3/c28-22(26-24-14-15-7-1-4-11-21(15)27(29)30)17-13-20(19-10-5-6-12-23-19)25-18-9-3-2-8-16(17)18/h1-14H,(H,26,28). The summed E-state index contributed by atoms with van der Waals surface area (Å²) in [5.41, 5.74) is 4.86. The SMILES string of the molecule is O=C(NN=Cc1ccccc1[N+](=O)[O-])c1cc(-c2ccccn2)nc2ccccc12. The van der Waals surface area contributed by atoms with Crippen molar-refractivity contribution >= 4 is 28.7 Å². The lowest BCUT2D eigenvalue weighted by Crippen LogP contribution is -2.18. The minimum absolute atomic E-state index is 0.0951. The number of para-hydroxylation sites is 2. The van der Waals surface area contributed by atoms with Crippen LogP contribution >= 0.6 is 0 Å². The molecule has 8 heteroatoms. The van der Waals surface area contributed by atoms with Gasteiger partial charge in [-0.1, -0.05) is 36.4 Å². The smallest absolute Gasteiger partial charge is 0.267 e. The monoisotopic (exact) mass is 397 g/mol. The average molecular weight is 397 g/mol. The zero-order chi connectivity index (χ0) is 20.9. The number of nitrogens with one attached hydrogen (secondary N) is 1. The molecule has 0 atom stereocenters. The van der Waals surface area contributed by atoms with E-state index in [-0.39, 0.29) is 11.3 Å². The van der Waals surface area contributed by atoms with Gasteiger partial charge in [-0.2, -0.15) is 5.10 Å². The summed E-state index contributed by atoms with van der Waals surface area (Å²) in [6.07, 6.45) is 2.90. The van der Waals surface area contributed by atoms with Crippen molar-refractivity contribution in [1.29, 1.82) is 0 Å². The molecule has 0 fully saturated rings. The minimum atomic E-state index is -0.501. The molecule has 8 nitrogen and oxygen atoms in total. The first kappa shape index (κ1) is 18.9. The predicted octanol–water partition coefficient (Wildman–Crippen LogP) is 3.97. The fourth-order valence-corrected chi connectivity index (χ4v) is 2.99. The molecule has 30 heavy (non-hydrogen) atoms. The molecule has 0 bridgehead atoms. The molecule has 2 aromatic heterocycles. The molecule has 1 N–H and O–H groups in total. The fourth-order valence-electron chi connectivity index (χ4n) is 2.99. The molecule has 2 heterocycles. The predicted molar refractivity (Wildman–Crippen MR) is 113 cm³/mol. The third kappa shape index (κ3) is 3.88. The van der Waals surface area contributed by atoms with Crippen LogP contribution < -0.4 is 5.43 Å². The zero-order valence-electron chi connectivity index (χ0n) is 15.6. The van der Waals surface area contributed by atoms with E-state index in [0.717, 1.165) is 0 Å². The van der Waals surface area contributed by atoms with E-state index in [1.807, 2.05) is 30.3 Å². The Morgan fingerprint density at radius 1 is 1.00 bits per heavy atom. The van der Waals surface area contributed by atoms with Gasteiger partial charge in [0.1, 0.15) is 0 Å². The minimum Gasteiger partial charge on any atom is -0.267 e. The summed E-state index contributed by atoms with van der Waals surface area (Å²) in [5.74, 6) is -0.458.